The third kappa shape index (κ3) is 10.7. The minimum Gasteiger partial charge on any atom is -0.496 e. The van der Waals surface area contributed by atoms with Crippen LogP contribution in [0, 0.1) is 5.92 Å². The van der Waals surface area contributed by atoms with Gasteiger partial charge in [-0.1, -0.05) is 59.6 Å². The van der Waals surface area contributed by atoms with E-state index in [0.29, 0.717) is 18.3 Å². The molecule has 1 aliphatic carbocycles. The number of piperidine rings is 1. The van der Waals surface area contributed by atoms with E-state index >= 15 is 0 Å². The molecule has 3 heterocycles. The monoisotopic (exact) mass is 645 g/mol. The average molecular weight is 646 g/mol. The molecule has 7 nitrogen and oxygen atoms in total. The maximum atomic E-state index is 11.1. The summed E-state index contributed by atoms with van der Waals surface area (Å²) in [6.07, 6.45) is 14.6. The first-order valence-corrected chi connectivity index (χ1v) is 17.9. The summed E-state index contributed by atoms with van der Waals surface area (Å²) in [6.45, 7) is 14.4. The third-order valence-corrected chi connectivity index (χ3v) is 9.56. The van der Waals surface area contributed by atoms with E-state index in [2.05, 4.69) is 80.5 Å². The van der Waals surface area contributed by atoms with Gasteiger partial charge in [0.2, 0.25) is 5.91 Å². The number of nitrogens with zero attached hydrogens (tertiary/aromatic N) is 3. The van der Waals surface area contributed by atoms with Gasteiger partial charge >= 0.3 is 5.97 Å². The van der Waals surface area contributed by atoms with Crippen LogP contribution in [0.3, 0.4) is 0 Å². The summed E-state index contributed by atoms with van der Waals surface area (Å²) in [6, 6.07) is 13.3. The molecule has 0 radical (unpaired) electrons. The number of carbonyl (C=O) groups is 2. The van der Waals surface area contributed by atoms with Crippen LogP contribution in [0.25, 0.3) is 5.69 Å². The molecule has 0 bridgehead atoms. The van der Waals surface area contributed by atoms with E-state index in [9.17, 15) is 9.59 Å². The topological polar surface area (TPSA) is 73.7 Å². The molecule has 2 fully saturated rings. The zero-order chi connectivity index (χ0) is 34.3. The number of aromatic nitrogens is 2. The highest BCUT2D eigenvalue weighted by atomic mass is 16.5. The molecule has 47 heavy (non-hydrogen) atoms. The van der Waals surface area contributed by atoms with Crippen molar-refractivity contribution in [2.75, 3.05) is 27.3 Å². The van der Waals surface area contributed by atoms with Gasteiger partial charge in [-0.15, -0.1) is 0 Å². The molecule has 2 aliphatic rings. The van der Waals surface area contributed by atoms with Crippen LogP contribution in [-0.4, -0.2) is 53.6 Å². The van der Waals surface area contributed by atoms with Crippen LogP contribution in [0.4, 0.5) is 0 Å². The van der Waals surface area contributed by atoms with Crippen molar-refractivity contribution >= 4 is 11.9 Å². The number of unbranched alkanes of at least 4 members (excludes halogenated alkanes) is 1. The summed E-state index contributed by atoms with van der Waals surface area (Å²) in [5.74, 6) is 2.38. The fourth-order valence-electron chi connectivity index (χ4n) is 6.21. The van der Waals surface area contributed by atoms with Crippen LogP contribution in [0.2, 0.25) is 0 Å². The quantitative estimate of drug-likeness (QED) is 0.195. The fraction of sp³-hybridized carbons (Fsp3) is 0.575. The second-order valence-corrected chi connectivity index (χ2v) is 12.8. The largest absolute Gasteiger partial charge is 0.496 e. The van der Waals surface area contributed by atoms with Crippen molar-refractivity contribution in [2.24, 2.45) is 5.92 Å². The van der Waals surface area contributed by atoms with E-state index in [1.165, 1.54) is 66.6 Å². The summed E-state index contributed by atoms with van der Waals surface area (Å²) in [5.41, 5.74) is 7.78. The standard InChI is InChI=1S/C25H30N2O.C11H19NO3.C4H10/c1-5-18-9-12-22(27-15-7-8-20(27)6-2)21(16-18)17(3)25-24(19-10-11-19)23(28-4)13-14-26-25;1-9(13)12-7-5-10(6-8-12)3-4-11(14)15-2;1-3-4-2/h7-9,12-17,19H,5-6,10-11H2,1-4H3;10H,3-8H2,1-2H3;3-4H2,1-2H3/t17-;;/m0../s1. The van der Waals surface area contributed by atoms with E-state index in [1.54, 1.807) is 14.0 Å². The van der Waals surface area contributed by atoms with Gasteiger partial charge in [-0.05, 0) is 92.2 Å². The number of ether oxygens (including phenoxy) is 2. The Balaban J connectivity index is 0.000000266. The molecule has 1 aromatic carbocycles. The molecule has 2 aromatic heterocycles. The van der Waals surface area contributed by atoms with Crippen LogP contribution in [0.1, 0.15) is 133 Å². The third-order valence-electron chi connectivity index (χ3n) is 9.56. The van der Waals surface area contributed by atoms with Crippen molar-refractivity contribution in [1.29, 1.82) is 0 Å². The molecule has 1 saturated heterocycles. The normalized spacial score (nSPS) is 15.1. The number of likely N-dealkylation sites (tertiary alicyclic amines) is 1. The van der Waals surface area contributed by atoms with Gasteiger partial charge in [-0.25, -0.2) is 0 Å². The van der Waals surface area contributed by atoms with Gasteiger partial charge in [-0.2, -0.15) is 0 Å². The van der Waals surface area contributed by atoms with Crippen molar-refractivity contribution in [1.82, 2.24) is 14.5 Å². The number of benzene rings is 1. The number of pyridine rings is 1. The molecule has 0 spiro atoms. The Morgan fingerprint density at radius 2 is 1.66 bits per heavy atom. The smallest absolute Gasteiger partial charge is 0.305 e. The van der Waals surface area contributed by atoms with Gasteiger partial charge in [0.05, 0.1) is 19.9 Å². The zero-order valence-electron chi connectivity index (χ0n) is 30.3. The lowest BCUT2D eigenvalue weighted by molar-refractivity contribution is -0.141. The summed E-state index contributed by atoms with van der Waals surface area (Å²) in [4.78, 5) is 28.7. The lowest BCUT2D eigenvalue weighted by Gasteiger charge is -2.31. The Bertz CT molecular complexity index is 1400. The van der Waals surface area contributed by atoms with E-state index in [-0.39, 0.29) is 17.8 Å². The van der Waals surface area contributed by atoms with Crippen molar-refractivity contribution < 1.29 is 19.1 Å². The molecular weight excluding hydrogens is 586 g/mol. The van der Waals surface area contributed by atoms with E-state index in [0.717, 1.165) is 50.9 Å². The van der Waals surface area contributed by atoms with Crippen LogP contribution in [0.15, 0.2) is 48.8 Å². The van der Waals surface area contributed by atoms with Crippen LogP contribution in [0.5, 0.6) is 5.75 Å². The van der Waals surface area contributed by atoms with Gasteiger partial charge in [-0.3, -0.25) is 14.6 Å². The van der Waals surface area contributed by atoms with Gasteiger partial charge < -0.3 is 18.9 Å². The number of hydrogen-bond donors (Lipinski definition) is 0. The average Bonchev–Trinajstić information content (AvgIpc) is 3.85. The molecule has 3 aromatic rings. The van der Waals surface area contributed by atoms with Gasteiger partial charge in [0.15, 0.2) is 0 Å². The van der Waals surface area contributed by atoms with E-state index in [4.69, 9.17) is 9.72 Å². The predicted molar refractivity (Wildman–Crippen MR) is 192 cm³/mol. The zero-order valence-corrected chi connectivity index (χ0v) is 30.3. The maximum Gasteiger partial charge on any atom is 0.305 e. The van der Waals surface area contributed by atoms with E-state index < -0.39 is 0 Å². The number of esters is 1. The molecule has 1 amide bonds. The van der Waals surface area contributed by atoms with Crippen molar-refractivity contribution in [3.63, 3.8) is 0 Å². The van der Waals surface area contributed by atoms with Gasteiger partial charge in [0.1, 0.15) is 5.75 Å². The summed E-state index contributed by atoms with van der Waals surface area (Å²) < 4.78 is 12.6. The number of hydrogen-bond acceptors (Lipinski definition) is 5. The highest BCUT2D eigenvalue weighted by molar-refractivity contribution is 5.73. The lowest BCUT2D eigenvalue weighted by Crippen LogP contribution is -2.37. The number of carbonyl (C=O) groups excluding carboxylic acids is 2. The minimum atomic E-state index is -0.135. The molecule has 1 atom stereocenters. The molecule has 7 heteroatoms. The molecule has 1 aliphatic heterocycles. The lowest BCUT2D eigenvalue weighted by atomic mass is 9.89. The number of rotatable bonds is 11. The molecule has 0 unspecified atom stereocenters. The highest BCUT2D eigenvalue weighted by Gasteiger charge is 2.32. The first-order valence-electron chi connectivity index (χ1n) is 17.9. The van der Waals surface area contributed by atoms with Crippen molar-refractivity contribution in [3.8, 4) is 11.4 Å². The summed E-state index contributed by atoms with van der Waals surface area (Å²) in [7, 11) is 3.19. The van der Waals surface area contributed by atoms with E-state index in [1.807, 2.05) is 17.2 Å². The fourth-order valence-corrected chi connectivity index (χ4v) is 6.21. The SMILES string of the molecule is CCCC.CCc1ccc(-n2cccc2CC)c([C@H](C)c2nccc(OC)c2C2CC2)c1.COC(=O)CCC1CCN(C(C)=O)CC1. The minimum absolute atomic E-state index is 0.135. The Kier molecular flexibility index (Phi) is 15.5. The number of aryl methyl sites for hydroxylation is 2. The number of amides is 1. The first kappa shape index (κ1) is 37.8. The van der Waals surface area contributed by atoms with Crippen LogP contribution < -0.4 is 4.74 Å². The second kappa shape index (κ2) is 19.3. The Morgan fingerprint density at radius 1 is 0.957 bits per heavy atom. The predicted octanol–water partition coefficient (Wildman–Crippen LogP) is 9.04. The summed E-state index contributed by atoms with van der Waals surface area (Å²) in [5, 5.41) is 0. The molecule has 5 rings (SSSR count). The first-order chi connectivity index (χ1) is 22.7. The molecule has 258 valence electrons. The Hall–Kier alpha value is -3.61. The van der Waals surface area contributed by atoms with Crippen LogP contribution >= 0.6 is 0 Å². The molecule has 0 N–H and O–H groups in total. The Labute approximate surface area is 284 Å². The van der Waals surface area contributed by atoms with Gasteiger partial charge in [0.25, 0.3) is 0 Å². The number of methoxy groups -OCH3 is 2. The molecule has 1 saturated carbocycles. The van der Waals surface area contributed by atoms with Crippen LogP contribution in [-0.2, 0) is 27.2 Å². The second-order valence-electron chi connectivity index (χ2n) is 12.8. The summed E-state index contributed by atoms with van der Waals surface area (Å²) >= 11 is 0. The van der Waals surface area contributed by atoms with Crippen molar-refractivity contribution in [3.05, 3.63) is 76.9 Å². The highest BCUT2D eigenvalue weighted by Crippen LogP contribution is 2.48. The van der Waals surface area contributed by atoms with Crippen molar-refractivity contribution in [2.45, 2.75) is 118 Å². The molecular formula is C40H59N3O4. The Morgan fingerprint density at radius 3 is 2.21 bits per heavy atom. The van der Waals surface area contributed by atoms with Gasteiger partial charge in [0, 0.05) is 61.7 Å². The maximum absolute atomic E-state index is 11.1.